The van der Waals surface area contributed by atoms with E-state index in [9.17, 15) is 24.2 Å². The molecule has 5 atom stereocenters. The van der Waals surface area contributed by atoms with Crippen LogP contribution in [-0.4, -0.2) is 68.7 Å². The normalized spacial score (nSPS) is 23.8. The fraction of sp³-hybridized carbons (Fsp3) is 0.700. The average molecular weight is 531 g/mol. The molecule has 2 aromatic rings. The molecule has 2 aromatic heterocycles. The molecule has 15 heteroatoms. The lowest BCUT2D eigenvalue weighted by Crippen LogP contribution is -2.50. The van der Waals surface area contributed by atoms with Gasteiger partial charge in [-0.25, -0.2) is 4.98 Å². The third kappa shape index (κ3) is 5.69. The Balaban J connectivity index is 2.07. The number of hydrogen-bond acceptors (Lipinski definition) is 9. The largest absolute Gasteiger partial charge is 0.695 e. The smallest absolute Gasteiger partial charge is 0.408 e. The zero-order valence-electron chi connectivity index (χ0n) is 20.8. The Hall–Kier alpha value is -2.06. The number of fused-ring (bicyclic) bond motifs is 1. The quantitative estimate of drug-likeness (QED) is 0.291. The van der Waals surface area contributed by atoms with E-state index >= 15 is 0 Å². The predicted molar refractivity (Wildman–Crippen MR) is 129 cm³/mol. The van der Waals surface area contributed by atoms with Gasteiger partial charge in [0, 0.05) is 10.5 Å². The minimum absolute atomic E-state index is 0.0300. The molecule has 1 aliphatic rings. The molecule has 35 heavy (non-hydrogen) atoms. The van der Waals surface area contributed by atoms with Gasteiger partial charge in [-0.1, -0.05) is 34.6 Å². The zero-order valence-corrected chi connectivity index (χ0v) is 22.7. The molecule has 4 N–H and O–H groups in total. The molecule has 0 bridgehead atoms. The van der Waals surface area contributed by atoms with Crippen molar-refractivity contribution in [3.8, 4) is 0 Å². The van der Waals surface area contributed by atoms with E-state index in [0.29, 0.717) is 0 Å². The van der Waals surface area contributed by atoms with Gasteiger partial charge in [0.05, 0.1) is 12.9 Å². The van der Waals surface area contributed by atoms with Gasteiger partial charge in [0.25, 0.3) is 5.56 Å². The van der Waals surface area contributed by atoms with Gasteiger partial charge < -0.3 is 14.3 Å². The van der Waals surface area contributed by atoms with Crippen LogP contribution in [0.1, 0.15) is 40.8 Å². The van der Waals surface area contributed by atoms with Crippen LogP contribution >= 0.6 is 8.25 Å². The van der Waals surface area contributed by atoms with E-state index in [1.807, 2.05) is 33.9 Å². The van der Waals surface area contributed by atoms with E-state index in [0.717, 1.165) is 0 Å². The Morgan fingerprint density at radius 2 is 2.03 bits per heavy atom. The fourth-order valence-electron chi connectivity index (χ4n) is 3.39. The number of hydrogen-bond donors (Lipinski definition) is 4. The highest BCUT2D eigenvalue weighted by molar-refractivity contribution is 7.32. The number of nitrogens with zero attached hydrogens (tertiary/aromatic N) is 3. The van der Waals surface area contributed by atoms with Gasteiger partial charge in [-0.3, -0.25) is 24.5 Å². The maximum atomic E-state index is 12.6. The Bertz CT molecular complexity index is 1160. The van der Waals surface area contributed by atoms with E-state index in [1.54, 1.807) is 13.8 Å². The first kappa shape index (κ1) is 27.5. The Morgan fingerprint density at radius 3 is 2.57 bits per heavy atom. The van der Waals surface area contributed by atoms with Crippen molar-refractivity contribution in [3.05, 3.63) is 16.7 Å². The van der Waals surface area contributed by atoms with Crippen molar-refractivity contribution in [2.45, 2.75) is 77.3 Å². The van der Waals surface area contributed by atoms with Gasteiger partial charge in [-0.05, 0) is 18.1 Å². The number of H-pyrrole nitrogens is 1. The fourth-order valence-corrected chi connectivity index (χ4v) is 5.14. The zero-order chi connectivity index (χ0) is 26.3. The lowest BCUT2D eigenvalue weighted by atomic mass is 10.1. The van der Waals surface area contributed by atoms with Gasteiger partial charge >= 0.3 is 8.25 Å². The SMILES string of the molecule is CC(C)C(=O)Nc1nc2c(ncn2[C@@H]2O[C@H](CO)[C@@H](O[Si](C)(C)C(C)(C)C)[C@H]2O[P+](=O)O)c(=O)[nH]1. The highest BCUT2D eigenvalue weighted by atomic mass is 31.1. The molecular weight excluding hydrogens is 497 g/mol. The number of anilines is 1. The third-order valence-corrected chi connectivity index (χ3v) is 11.3. The molecule has 1 saturated heterocycles. The van der Waals surface area contributed by atoms with Gasteiger partial charge in [-0.15, -0.1) is 9.42 Å². The molecule has 0 aliphatic carbocycles. The predicted octanol–water partition coefficient (Wildman–Crippen LogP) is 2.03. The molecule has 0 radical (unpaired) electrons. The average Bonchev–Trinajstić information content (AvgIpc) is 3.28. The number of aromatic nitrogens is 4. The van der Waals surface area contributed by atoms with Crippen LogP contribution in [0.5, 0.6) is 0 Å². The Labute approximate surface area is 204 Å². The number of nitrogens with one attached hydrogen (secondary N) is 2. The number of aliphatic hydroxyl groups is 1. The summed E-state index contributed by atoms with van der Waals surface area (Å²) in [7, 11) is -5.49. The number of imidazole rings is 1. The number of aromatic amines is 1. The minimum Gasteiger partial charge on any atom is -0.408 e. The second-order valence-electron chi connectivity index (χ2n) is 10.3. The van der Waals surface area contributed by atoms with Gasteiger partial charge in [0.15, 0.2) is 31.8 Å². The van der Waals surface area contributed by atoms with Crippen molar-refractivity contribution in [1.82, 2.24) is 19.5 Å². The lowest BCUT2D eigenvalue weighted by Gasteiger charge is -2.39. The molecular formula is C20H33N5O8PSi+. The monoisotopic (exact) mass is 530 g/mol. The molecule has 0 spiro atoms. The van der Waals surface area contributed by atoms with Crippen LogP contribution in [0.25, 0.3) is 11.2 Å². The number of amides is 1. The van der Waals surface area contributed by atoms with Gasteiger partial charge in [-0.2, -0.15) is 4.98 Å². The molecule has 194 valence electrons. The van der Waals surface area contributed by atoms with Crippen LogP contribution in [0.15, 0.2) is 11.1 Å². The highest BCUT2D eigenvalue weighted by Gasteiger charge is 2.54. The summed E-state index contributed by atoms with van der Waals surface area (Å²) in [4.78, 5) is 45.2. The van der Waals surface area contributed by atoms with E-state index in [4.69, 9.17) is 13.7 Å². The first-order valence-electron chi connectivity index (χ1n) is 11.2. The van der Waals surface area contributed by atoms with E-state index in [-0.39, 0.29) is 34.0 Å². The summed E-state index contributed by atoms with van der Waals surface area (Å²) in [6.45, 7) is 13.1. The maximum absolute atomic E-state index is 12.6. The first-order valence-corrected chi connectivity index (χ1v) is 15.2. The van der Waals surface area contributed by atoms with Crippen molar-refractivity contribution in [2.24, 2.45) is 5.92 Å². The molecule has 1 fully saturated rings. The van der Waals surface area contributed by atoms with Gasteiger partial charge in [0.1, 0.15) is 12.2 Å². The number of rotatable bonds is 8. The van der Waals surface area contributed by atoms with E-state index in [1.165, 1.54) is 10.9 Å². The van der Waals surface area contributed by atoms with Crippen LogP contribution in [0.3, 0.4) is 0 Å². The maximum Gasteiger partial charge on any atom is 0.695 e. The molecule has 3 rings (SSSR count). The number of carbonyl (C=O) groups excluding carboxylic acids is 1. The molecule has 0 aromatic carbocycles. The van der Waals surface area contributed by atoms with Crippen LogP contribution in [0, 0.1) is 5.92 Å². The van der Waals surface area contributed by atoms with Crippen LogP contribution in [0.2, 0.25) is 18.1 Å². The number of aliphatic hydroxyl groups excluding tert-OH is 1. The molecule has 13 nitrogen and oxygen atoms in total. The summed E-state index contributed by atoms with van der Waals surface area (Å²) in [6.07, 6.45) is -2.69. The van der Waals surface area contributed by atoms with Crippen LogP contribution in [-0.2, 0) is 23.0 Å². The summed E-state index contributed by atoms with van der Waals surface area (Å²) >= 11 is 0. The second kappa shape index (κ2) is 10.1. The number of carbonyl (C=O) groups is 1. The van der Waals surface area contributed by atoms with Crippen LogP contribution < -0.4 is 10.9 Å². The summed E-state index contributed by atoms with van der Waals surface area (Å²) in [5.41, 5.74) is -0.564. The Kier molecular flexibility index (Phi) is 7.96. The molecule has 1 aliphatic heterocycles. The third-order valence-electron chi connectivity index (χ3n) is 6.39. The second-order valence-corrected chi connectivity index (χ2v) is 15.7. The summed E-state index contributed by atoms with van der Waals surface area (Å²) < 4.78 is 30.9. The molecule has 1 amide bonds. The van der Waals surface area contributed by atoms with Crippen molar-refractivity contribution in [2.75, 3.05) is 11.9 Å². The van der Waals surface area contributed by atoms with Crippen molar-refractivity contribution in [3.63, 3.8) is 0 Å². The molecule has 0 saturated carbocycles. The highest BCUT2D eigenvalue weighted by Crippen LogP contribution is 2.44. The van der Waals surface area contributed by atoms with Crippen molar-refractivity contribution in [1.29, 1.82) is 0 Å². The summed E-state index contributed by atoms with van der Waals surface area (Å²) in [6, 6.07) is 0. The van der Waals surface area contributed by atoms with E-state index in [2.05, 4.69) is 20.3 Å². The number of ether oxygens (including phenoxy) is 1. The molecule has 3 heterocycles. The Morgan fingerprint density at radius 1 is 1.37 bits per heavy atom. The summed E-state index contributed by atoms with van der Waals surface area (Å²) in [5, 5.41) is 12.4. The van der Waals surface area contributed by atoms with Crippen molar-refractivity contribution >= 4 is 39.6 Å². The van der Waals surface area contributed by atoms with Crippen molar-refractivity contribution < 1.29 is 33.0 Å². The lowest BCUT2D eigenvalue weighted by molar-refractivity contribution is -0.118. The standard InChI is InChI=1S/C20H32N5O8PSi/c1-10(2)16(27)23-19-22-15-12(17(28)24-19)21-9-25(15)18-14(32-34(29)30)13(11(8-26)31-18)33-35(6,7)20(3,4)5/h9-11,13-14,18,26H,8H2,1-7H3,(H2-,22,23,24,27,28,29,30)/p+1/t11-,13-,14-,18-/m1/s1. The van der Waals surface area contributed by atoms with Gasteiger partial charge in [0.2, 0.25) is 11.9 Å². The first-order chi connectivity index (χ1) is 16.2. The molecule has 1 unspecified atom stereocenters. The van der Waals surface area contributed by atoms with E-state index < -0.39 is 53.3 Å². The topological polar surface area (TPSA) is 178 Å². The van der Waals surface area contributed by atoms with Crippen LogP contribution in [0.4, 0.5) is 5.95 Å². The summed E-state index contributed by atoms with van der Waals surface area (Å²) in [5.74, 6) is -0.784. The minimum atomic E-state index is -3.06.